The Balaban J connectivity index is 1.41. The topological polar surface area (TPSA) is 54.4 Å². The third-order valence-corrected chi connectivity index (χ3v) is 14.8. The molecule has 9 atom stereocenters. The Morgan fingerprint density at radius 3 is 2.24 bits per heavy atom. The molecule has 0 aromatic heterocycles. The SMILES string of the molecule is C=C(C)[C@@H]1CC[C@]2(C(=O)O)CC[C@]3(C)[C@H](CC[C@@H]4[C@@]5(C)C/C(=C\c6ccc(Br)cc6)C(=O)C(C)(C)[C@@H]5CC[C@]43C)[C@@H]12. The van der Waals surface area contributed by atoms with Crippen molar-refractivity contribution in [2.45, 2.75) is 99.3 Å². The standard InChI is InChI=1S/C37H49BrO3/c1-22(2)26-14-17-37(32(40)41)19-18-35(6)27(30(26)37)12-13-29-34(5)21-24(20-23-8-10-25(38)11-9-23)31(39)33(3,4)28(34)15-16-36(29,35)7/h8-11,20,26-30H,1,12-19,21H2,2-7H3,(H,40,41)/b24-20+/t26-,27+,28-,29+,30+,34-,35+,36+,37-/m0/s1. The largest absolute Gasteiger partial charge is 0.481 e. The molecule has 0 bridgehead atoms. The number of rotatable bonds is 3. The van der Waals surface area contributed by atoms with Crippen molar-refractivity contribution >= 4 is 33.8 Å². The summed E-state index contributed by atoms with van der Waals surface area (Å²) >= 11 is 3.55. The lowest BCUT2D eigenvalue weighted by atomic mass is 9.32. The third-order valence-electron chi connectivity index (χ3n) is 14.3. The molecule has 1 aromatic carbocycles. The number of allylic oxidation sites excluding steroid dienone is 2. The molecular weight excluding hydrogens is 572 g/mol. The predicted molar refractivity (Wildman–Crippen MR) is 169 cm³/mol. The van der Waals surface area contributed by atoms with Gasteiger partial charge in [0.2, 0.25) is 0 Å². The van der Waals surface area contributed by atoms with Gasteiger partial charge in [0.05, 0.1) is 5.41 Å². The van der Waals surface area contributed by atoms with Crippen LogP contribution >= 0.6 is 15.9 Å². The van der Waals surface area contributed by atoms with E-state index in [1.54, 1.807) is 0 Å². The van der Waals surface area contributed by atoms with Crippen molar-refractivity contribution in [2.75, 3.05) is 0 Å². The number of aliphatic carboxylic acids is 1. The zero-order valence-electron chi connectivity index (χ0n) is 26.0. The molecule has 6 rings (SSSR count). The summed E-state index contributed by atoms with van der Waals surface area (Å²) in [5.74, 6) is 1.55. The van der Waals surface area contributed by atoms with Gasteiger partial charge in [-0.2, -0.15) is 0 Å². The molecule has 0 amide bonds. The van der Waals surface area contributed by atoms with E-state index in [2.05, 4.69) is 94.4 Å². The molecule has 4 heteroatoms. The molecule has 0 unspecified atom stereocenters. The number of ketones is 1. The summed E-state index contributed by atoms with van der Waals surface area (Å²) in [7, 11) is 0. The van der Waals surface area contributed by atoms with Crippen molar-refractivity contribution in [2.24, 2.45) is 56.7 Å². The lowest BCUT2D eigenvalue weighted by Crippen LogP contribution is -2.67. The van der Waals surface area contributed by atoms with E-state index in [1.807, 2.05) is 0 Å². The highest BCUT2D eigenvalue weighted by molar-refractivity contribution is 9.10. The van der Waals surface area contributed by atoms with Crippen LogP contribution < -0.4 is 0 Å². The van der Waals surface area contributed by atoms with E-state index in [0.29, 0.717) is 29.5 Å². The highest BCUT2D eigenvalue weighted by Gasteiger charge is 2.72. The van der Waals surface area contributed by atoms with E-state index in [-0.39, 0.29) is 22.2 Å². The van der Waals surface area contributed by atoms with Gasteiger partial charge in [0.1, 0.15) is 0 Å². The van der Waals surface area contributed by atoms with E-state index in [1.165, 1.54) is 5.57 Å². The van der Waals surface area contributed by atoms with Crippen molar-refractivity contribution in [3.05, 3.63) is 52.0 Å². The van der Waals surface area contributed by atoms with E-state index in [9.17, 15) is 14.7 Å². The number of hydrogen-bond acceptors (Lipinski definition) is 2. The van der Waals surface area contributed by atoms with Gasteiger partial charge in [0, 0.05) is 9.89 Å². The Bertz CT molecular complexity index is 1320. The fourth-order valence-electron chi connectivity index (χ4n) is 12.3. The van der Waals surface area contributed by atoms with Crippen LogP contribution in [0.25, 0.3) is 6.08 Å². The number of carbonyl (C=O) groups is 2. The van der Waals surface area contributed by atoms with Crippen LogP contribution in [0, 0.1) is 56.7 Å². The predicted octanol–water partition coefficient (Wildman–Crippen LogP) is 9.75. The minimum Gasteiger partial charge on any atom is -0.481 e. The summed E-state index contributed by atoms with van der Waals surface area (Å²) in [6, 6.07) is 8.30. The zero-order valence-corrected chi connectivity index (χ0v) is 27.6. The molecule has 0 heterocycles. The highest BCUT2D eigenvalue weighted by Crippen LogP contribution is 2.77. The number of hydrogen-bond donors (Lipinski definition) is 1. The van der Waals surface area contributed by atoms with Crippen LogP contribution in [0.1, 0.15) is 105 Å². The van der Waals surface area contributed by atoms with Crippen molar-refractivity contribution in [1.82, 2.24) is 0 Å². The molecular formula is C37H49BrO3. The van der Waals surface area contributed by atoms with Crippen LogP contribution in [0.2, 0.25) is 0 Å². The molecule has 0 spiro atoms. The van der Waals surface area contributed by atoms with Gasteiger partial charge in [-0.05, 0) is 140 Å². The number of carbonyl (C=O) groups excluding carboxylic acids is 1. The van der Waals surface area contributed by atoms with E-state index < -0.39 is 16.8 Å². The number of halogens is 1. The number of fused-ring (bicyclic) bond motifs is 7. The summed E-state index contributed by atoms with van der Waals surface area (Å²) in [5.41, 5.74) is 2.52. The van der Waals surface area contributed by atoms with Crippen LogP contribution in [0.15, 0.2) is 46.5 Å². The first-order valence-corrected chi connectivity index (χ1v) is 16.8. The lowest BCUT2D eigenvalue weighted by molar-refractivity contribution is -0.231. The Morgan fingerprint density at radius 2 is 1.61 bits per heavy atom. The van der Waals surface area contributed by atoms with Gasteiger partial charge in [-0.25, -0.2) is 0 Å². The van der Waals surface area contributed by atoms with Gasteiger partial charge in [0.15, 0.2) is 5.78 Å². The quantitative estimate of drug-likeness (QED) is 0.270. The van der Waals surface area contributed by atoms with Crippen LogP contribution in [-0.2, 0) is 9.59 Å². The minimum atomic E-state index is -0.585. The first-order valence-electron chi connectivity index (χ1n) is 16.0. The molecule has 1 N–H and O–H groups in total. The maximum absolute atomic E-state index is 14.0. The van der Waals surface area contributed by atoms with Crippen molar-refractivity contribution in [3.8, 4) is 0 Å². The Labute approximate surface area is 255 Å². The summed E-state index contributed by atoms with van der Waals surface area (Å²) in [5, 5.41) is 10.6. The van der Waals surface area contributed by atoms with E-state index >= 15 is 0 Å². The molecule has 5 fully saturated rings. The smallest absolute Gasteiger partial charge is 0.309 e. The molecule has 1 aromatic rings. The van der Waals surface area contributed by atoms with Crippen LogP contribution in [0.3, 0.4) is 0 Å². The molecule has 0 saturated heterocycles. The average Bonchev–Trinajstić information content (AvgIpc) is 3.30. The van der Waals surface area contributed by atoms with Crippen LogP contribution in [0.4, 0.5) is 0 Å². The normalized spacial score (nSPS) is 45.8. The molecule has 0 aliphatic heterocycles. The summed E-state index contributed by atoms with van der Waals surface area (Å²) in [4.78, 5) is 27.0. The van der Waals surface area contributed by atoms with Crippen molar-refractivity contribution in [3.63, 3.8) is 0 Å². The van der Waals surface area contributed by atoms with Gasteiger partial charge in [-0.1, -0.05) is 74.8 Å². The Morgan fingerprint density at radius 1 is 0.927 bits per heavy atom. The molecule has 5 aliphatic carbocycles. The summed E-state index contributed by atoms with van der Waals surface area (Å²) in [6.07, 6.45) is 11.0. The van der Waals surface area contributed by atoms with Gasteiger partial charge in [0.25, 0.3) is 0 Å². The first kappa shape index (κ1) is 29.4. The van der Waals surface area contributed by atoms with Crippen LogP contribution in [-0.4, -0.2) is 16.9 Å². The second-order valence-electron chi connectivity index (χ2n) is 16.1. The third kappa shape index (κ3) is 3.87. The second kappa shape index (κ2) is 9.41. The first-order chi connectivity index (χ1) is 19.1. The van der Waals surface area contributed by atoms with Gasteiger partial charge in [-0.3, -0.25) is 9.59 Å². The molecule has 3 nitrogen and oxygen atoms in total. The lowest BCUT2D eigenvalue weighted by Gasteiger charge is -2.72. The Kier molecular flexibility index (Phi) is 6.74. The van der Waals surface area contributed by atoms with E-state index in [0.717, 1.165) is 73.4 Å². The highest BCUT2D eigenvalue weighted by atomic mass is 79.9. The van der Waals surface area contributed by atoms with Crippen molar-refractivity contribution in [1.29, 1.82) is 0 Å². The number of carboxylic acid groups (broad SMARTS) is 1. The number of benzene rings is 1. The van der Waals surface area contributed by atoms with Gasteiger partial charge in [-0.15, -0.1) is 0 Å². The van der Waals surface area contributed by atoms with Gasteiger partial charge < -0.3 is 5.11 Å². The molecule has 41 heavy (non-hydrogen) atoms. The second-order valence-corrected chi connectivity index (χ2v) is 17.0. The summed E-state index contributed by atoms with van der Waals surface area (Å²) < 4.78 is 1.05. The molecule has 222 valence electrons. The monoisotopic (exact) mass is 620 g/mol. The molecule has 0 radical (unpaired) electrons. The minimum absolute atomic E-state index is 0.0321. The van der Waals surface area contributed by atoms with Crippen molar-refractivity contribution < 1.29 is 14.7 Å². The van der Waals surface area contributed by atoms with Crippen LogP contribution in [0.5, 0.6) is 0 Å². The molecule has 5 aliphatic rings. The number of carboxylic acids is 1. The maximum atomic E-state index is 14.0. The summed E-state index contributed by atoms with van der Waals surface area (Å²) in [6.45, 7) is 18.6. The average molecular weight is 622 g/mol. The fourth-order valence-corrected chi connectivity index (χ4v) is 12.5. The van der Waals surface area contributed by atoms with Gasteiger partial charge >= 0.3 is 5.97 Å². The fraction of sp³-hybridized carbons (Fsp3) is 0.676. The number of Topliss-reactive ketones (excluding diaryl/α,β-unsaturated/α-hetero) is 1. The Hall–Kier alpha value is -1.68. The zero-order chi connectivity index (χ0) is 29.8. The molecule has 5 saturated carbocycles. The van der Waals surface area contributed by atoms with E-state index in [4.69, 9.17) is 0 Å². The maximum Gasteiger partial charge on any atom is 0.309 e.